The van der Waals surface area contributed by atoms with Gasteiger partial charge in [-0.05, 0) is 63.1 Å². The fourth-order valence-corrected chi connectivity index (χ4v) is 5.46. The summed E-state index contributed by atoms with van der Waals surface area (Å²) in [6.07, 6.45) is 6.82. The van der Waals surface area contributed by atoms with Crippen molar-refractivity contribution >= 4 is 17.5 Å². The number of aromatic nitrogens is 4. The van der Waals surface area contributed by atoms with Crippen LogP contribution >= 0.6 is 0 Å². The molecule has 0 bridgehead atoms. The lowest BCUT2D eigenvalue weighted by Gasteiger charge is -2.41. The minimum atomic E-state index is -0.247. The van der Waals surface area contributed by atoms with E-state index in [1.807, 2.05) is 6.07 Å². The number of benzene rings is 1. The predicted octanol–water partition coefficient (Wildman–Crippen LogP) is 3.22. The van der Waals surface area contributed by atoms with Crippen molar-refractivity contribution in [3.05, 3.63) is 70.8 Å². The van der Waals surface area contributed by atoms with Gasteiger partial charge in [0.1, 0.15) is 11.5 Å². The monoisotopic (exact) mass is 515 g/mol. The molecule has 38 heavy (non-hydrogen) atoms. The lowest BCUT2D eigenvalue weighted by atomic mass is 9.93. The maximum absolute atomic E-state index is 12.6. The van der Waals surface area contributed by atoms with Crippen LogP contribution in [0.1, 0.15) is 65.5 Å². The summed E-state index contributed by atoms with van der Waals surface area (Å²) < 4.78 is 0. The quantitative estimate of drug-likeness (QED) is 0.515. The van der Waals surface area contributed by atoms with Gasteiger partial charge in [0.05, 0.1) is 24.2 Å². The first-order valence-electron chi connectivity index (χ1n) is 13.6. The van der Waals surface area contributed by atoms with Crippen LogP contribution in [0.25, 0.3) is 0 Å². The molecular weight excluding hydrogens is 478 g/mol. The molecule has 5 rings (SSSR count). The van der Waals surface area contributed by atoms with E-state index in [1.165, 1.54) is 16.7 Å². The van der Waals surface area contributed by atoms with Gasteiger partial charge < -0.3 is 20.2 Å². The van der Waals surface area contributed by atoms with Crippen LogP contribution in [-0.2, 0) is 6.42 Å². The van der Waals surface area contributed by atoms with Gasteiger partial charge in [0.25, 0.3) is 5.91 Å². The highest BCUT2D eigenvalue weighted by atomic mass is 16.3. The van der Waals surface area contributed by atoms with E-state index < -0.39 is 0 Å². The molecule has 1 amide bonds. The minimum Gasteiger partial charge on any atom is -0.393 e. The Hall–Kier alpha value is -3.59. The summed E-state index contributed by atoms with van der Waals surface area (Å²) >= 11 is 0. The Kier molecular flexibility index (Phi) is 7.83. The van der Waals surface area contributed by atoms with Crippen LogP contribution < -0.4 is 15.1 Å². The molecule has 9 nitrogen and oxygen atoms in total. The van der Waals surface area contributed by atoms with Crippen LogP contribution in [0.5, 0.6) is 0 Å². The molecule has 9 heteroatoms. The normalized spacial score (nSPS) is 21.8. The first kappa shape index (κ1) is 26.0. The average molecular weight is 516 g/mol. The van der Waals surface area contributed by atoms with Gasteiger partial charge in [-0.25, -0.2) is 9.97 Å². The van der Waals surface area contributed by atoms with Crippen LogP contribution in [0.2, 0.25) is 0 Å². The number of hydrogen-bond acceptors (Lipinski definition) is 8. The first-order valence-corrected chi connectivity index (χ1v) is 13.6. The highest BCUT2D eigenvalue weighted by Crippen LogP contribution is 2.26. The number of rotatable bonds is 6. The van der Waals surface area contributed by atoms with E-state index in [4.69, 9.17) is 0 Å². The van der Waals surface area contributed by atoms with Crippen molar-refractivity contribution in [2.45, 2.75) is 71.1 Å². The van der Waals surface area contributed by atoms with Gasteiger partial charge in [-0.3, -0.25) is 4.79 Å². The highest BCUT2D eigenvalue weighted by molar-refractivity contribution is 5.92. The Labute approximate surface area is 224 Å². The molecule has 1 aliphatic carbocycles. The Morgan fingerprint density at radius 1 is 1.00 bits per heavy atom. The Morgan fingerprint density at radius 3 is 2.45 bits per heavy atom. The molecule has 0 radical (unpaired) electrons. The summed E-state index contributed by atoms with van der Waals surface area (Å²) in [5.41, 5.74) is 4.94. The minimum absolute atomic E-state index is 0.0862. The molecule has 2 aromatic heterocycles. The van der Waals surface area contributed by atoms with Crippen molar-refractivity contribution in [1.82, 2.24) is 25.5 Å². The van der Waals surface area contributed by atoms with Crippen molar-refractivity contribution in [3.8, 4) is 0 Å². The molecule has 2 N–H and O–H groups in total. The SMILES string of the molecule is Cc1c(Cc2ccccc2)nnc(N2CCN(c3cnc(C(=O)NC4CCC(O)CC4)cn3)[C@H](C)C2)c1C. The van der Waals surface area contributed by atoms with Gasteiger partial charge in [0.15, 0.2) is 5.82 Å². The largest absolute Gasteiger partial charge is 0.393 e. The van der Waals surface area contributed by atoms with Crippen molar-refractivity contribution in [3.63, 3.8) is 0 Å². The van der Waals surface area contributed by atoms with Gasteiger partial charge in [-0.15, -0.1) is 5.10 Å². The summed E-state index contributed by atoms with van der Waals surface area (Å²) in [6, 6.07) is 10.7. The van der Waals surface area contributed by atoms with Crippen molar-refractivity contribution in [2.75, 3.05) is 29.4 Å². The number of aliphatic hydroxyl groups is 1. The Bertz CT molecular complexity index is 1240. The molecule has 200 valence electrons. The third-order valence-electron chi connectivity index (χ3n) is 7.93. The molecule has 1 saturated heterocycles. The highest BCUT2D eigenvalue weighted by Gasteiger charge is 2.28. The molecule has 0 spiro atoms. The summed E-state index contributed by atoms with van der Waals surface area (Å²) in [4.78, 5) is 26.1. The first-order chi connectivity index (χ1) is 18.4. The number of anilines is 2. The third kappa shape index (κ3) is 5.78. The van der Waals surface area contributed by atoms with Gasteiger partial charge in [0, 0.05) is 38.1 Å². The average Bonchev–Trinajstić information content (AvgIpc) is 2.93. The van der Waals surface area contributed by atoms with E-state index in [-0.39, 0.29) is 24.1 Å². The molecule has 1 aromatic carbocycles. The number of hydrogen-bond donors (Lipinski definition) is 2. The van der Waals surface area contributed by atoms with E-state index in [1.54, 1.807) is 12.4 Å². The standard InChI is InChI=1S/C29H37N7O2/c1-19-18-35(28-21(3)20(2)25(33-34-28)15-22-7-5-4-6-8-22)13-14-36(19)27-17-30-26(16-31-27)29(38)32-23-9-11-24(37)12-10-23/h4-8,16-17,19,23-24,37H,9-15,18H2,1-3H3,(H,32,38)/t19-,23?,24?/m1/s1. The maximum Gasteiger partial charge on any atom is 0.271 e. The van der Waals surface area contributed by atoms with Crippen LogP contribution in [-0.4, -0.2) is 69.0 Å². The third-order valence-corrected chi connectivity index (χ3v) is 7.93. The van der Waals surface area contributed by atoms with Crippen molar-refractivity contribution in [2.24, 2.45) is 0 Å². The number of piperazine rings is 1. The molecule has 2 fully saturated rings. The number of aliphatic hydroxyl groups excluding tert-OH is 1. The van der Waals surface area contributed by atoms with Crippen LogP contribution in [0.15, 0.2) is 42.7 Å². The van der Waals surface area contributed by atoms with Crippen LogP contribution in [0.4, 0.5) is 11.6 Å². The van der Waals surface area contributed by atoms with Gasteiger partial charge in [0.2, 0.25) is 0 Å². The number of nitrogens with one attached hydrogen (secondary N) is 1. The topological polar surface area (TPSA) is 107 Å². The Morgan fingerprint density at radius 2 is 1.76 bits per heavy atom. The second-order valence-corrected chi connectivity index (χ2v) is 10.6. The molecule has 0 unspecified atom stereocenters. The van der Waals surface area contributed by atoms with Crippen LogP contribution in [0, 0.1) is 13.8 Å². The number of carbonyl (C=O) groups excluding carboxylic acids is 1. The van der Waals surface area contributed by atoms with E-state index in [2.05, 4.69) is 80.3 Å². The number of amides is 1. The van der Waals surface area contributed by atoms with Gasteiger partial charge >= 0.3 is 0 Å². The lowest BCUT2D eigenvalue weighted by Crippen LogP contribution is -2.53. The molecule has 3 heterocycles. The van der Waals surface area contributed by atoms with E-state index >= 15 is 0 Å². The zero-order chi connectivity index (χ0) is 26.6. The van der Waals surface area contributed by atoms with E-state index in [0.29, 0.717) is 5.69 Å². The number of nitrogens with zero attached hydrogens (tertiary/aromatic N) is 6. The summed E-state index contributed by atoms with van der Waals surface area (Å²) in [6.45, 7) is 8.81. The zero-order valence-corrected chi connectivity index (χ0v) is 22.5. The second-order valence-electron chi connectivity index (χ2n) is 10.6. The van der Waals surface area contributed by atoms with Crippen molar-refractivity contribution < 1.29 is 9.90 Å². The predicted molar refractivity (Wildman–Crippen MR) is 148 cm³/mol. The van der Waals surface area contributed by atoms with Crippen molar-refractivity contribution in [1.29, 1.82) is 0 Å². The lowest BCUT2D eigenvalue weighted by molar-refractivity contribution is 0.0863. The summed E-state index contributed by atoms with van der Waals surface area (Å²) in [7, 11) is 0. The van der Waals surface area contributed by atoms with E-state index in [9.17, 15) is 9.90 Å². The molecule has 1 saturated carbocycles. The second kappa shape index (κ2) is 11.4. The van der Waals surface area contributed by atoms with E-state index in [0.717, 1.165) is 69.1 Å². The number of carbonyl (C=O) groups is 1. The molecule has 1 aliphatic heterocycles. The maximum atomic E-state index is 12.6. The fraction of sp³-hybridized carbons (Fsp3) is 0.483. The fourth-order valence-electron chi connectivity index (χ4n) is 5.46. The smallest absolute Gasteiger partial charge is 0.271 e. The van der Waals surface area contributed by atoms with Crippen LogP contribution in [0.3, 0.4) is 0 Å². The Balaban J connectivity index is 1.20. The molecular formula is C29H37N7O2. The zero-order valence-electron chi connectivity index (χ0n) is 22.5. The molecule has 2 aliphatic rings. The summed E-state index contributed by atoms with van der Waals surface area (Å²) in [5.74, 6) is 1.51. The van der Waals surface area contributed by atoms with Gasteiger partial charge in [-0.2, -0.15) is 5.10 Å². The molecule has 3 aromatic rings. The molecule has 1 atom stereocenters. The summed E-state index contributed by atoms with van der Waals surface area (Å²) in [5, 5.41) is 22.0. The van der Waals surface area contributed by atoms with Gasteiger partial charge in [-0.1, -0.05) is 30.3 Å².